The molecule has 0 aliphatic heterocycles. The van der Waals surface area contributed by atoms with Crippen LogP contribution in [-0.4, -0.2) is 28.6 Å². The van der Waals surface area contributed by atoms with E-state index in [-0.39, 0.29) is 5.57 Å². The first kappa shape index (κ1) is 11.3. The molecule has 0 aromatic rings. The Bertz CT molecular complexity index is 276. The molecule has 0 fully saturated rings. The molecule has 0 heterocycles. The fourth-order valence-electron chi connectivity index (χ4n) is 1.33. The highest BCUT2D eigenvalue weighted by Gasteiger charge is 2.36. The van der Waals surface area contributed by atoms with Crippen molar-refractivity contribution in [3.8, 4) is 0 Å². The third-order valence-electron chi connectivity index (χ3n) is 2.12. The normalized spacial score (nSPS) is 25.4. The smallest absolute Gasteiger partial charge is 0.389 e. The van der Waals surface area contributed by atoms with Crippen molar-refractivity contribution in [2.45, 2.75) is 31.7 Å². The van der Waals surface area contributed by atoms with E-state index in [2.05, 4.69) is 0 Å². The lowest BCUT2D eigenvalue weighted by Crippen LogP contribution is -2.26. The Morgan fingerprint density at radius 3 is 2.36 bits per heavy atom. The van der Waals surface area contributed by atoms with Gasteiger partial charge in [0.15, 0.2) is 0 Å². The topological polar surface area (TPSA) is 40.5 Å². The van der Waals surface area contributed by atoms with E-state index in [0.29, 0.717) is 0 Å². The first-order valence-corrected chi connectivity index (χ1v) is 4.16. The third kappa shape index (κ3) is 2.36. The lowest BCUT2D eigenvalue weighted by Gasteiger charge is -2.23. The Labute approximate surface area is 79.4 Å². The van der Waals surface area contributed by atoms with Gasteiger partial charge in [-0.25, -0.2) is 0 Å². The molecule has 14 heavy (non-hydrogen) atoms. The molecule has 5 heteroatoms. The number of allylic oxidation sites excluding steroid dienone is 2. The maximum atomic E-state index is 12.2. The van der Waals surface area contributed by atoms with Gasteiger partial charge in [-0.3, -0.25) is 0 Å². The molecule has 2 N–H and O–H groups in total. The van der Waals surface area contributed by atoms with Crippen LogP contribution in [0.4, 0.5) is 13.2 Å². The van der Waals surface area contributed by atoms with E-state index in [1.165, 1.54) is 6.92 Å². The summed E-state index contributed by atoms with van der Waals surface area (Å²) in [6.07, 6.45) is -5.02. The van der Waals surface area contributed by atoms with Crippen LogP contribution in [0, 0.1) is 0 Å². The molecule has 0 amide bonds. The fraction of sp³-hybridized carbons (Fsp3) is 0.556. The first-order chi connectivity index (χ1) is 6.32. The molecule has 0 saturated heterocycles. The molecule has 2 atom stereocenters. The van der Waals surface area contributed by atoms with Crippen LogP contribution < -0.4 is 0 Å². The highest BCUT2D eigenvalue weighted by atomic mass is 19.4. The molecule has 1 rings (SSSR count). The zero-order chi connectivity index (χ0) is 10.9. The van der Waals surface area contributed by atoms with Crippen molar-refractivity contribution in [2.24, 2.45) is 0 Å². The highest BCUT2D eigenvalue weighted by Crippen LogP contribution is 2.33. The average Bonchev–Trinajstić information content (AvgIpc) is 2.01. The SMILES string of the molecule is CC(O)C1=CC=C(C(F)(F)F)CC1O. The molecule has 1 aliphatic rings. The highest BCUT2D eigenvalue weighted by molar-refractivity contribution is 5.31. The molecule has 0 saturated carbocycles. The molecule has 0 spiro atoms. The lowest BCUT2D eigenvalue weighted by molar-refractivity contribution is -0.0970. The minimum absolute atomic E-state index is 0.220. The van der Waals surface area contributed by atoms with Crippen molar-refractivity contribution < 1.29 is 23.4 Å². The summed E-state index contributed by atoms with van der Waals surface area (Å²) in [5, 5.41) is 18.4. The van der Waals surface area contributed by atoms with Crippen molar-refractivity contribution in [2.75, 3.05) is 0 Å². The van der Waals surface area contributed by atoms with E-state index in [9.17, 15) is 18.3 Å². The predicted molar refractivity (Wildman–Crippen MR) is 44.5 cm³/mol. The molecular weight excluding hydrogens is 197 g/mol. The predicted octanol–water partition coefficient (Wildman–Crippen LogP) is 1.55. The summed E-state index contributed by atoms with van der Waals surface area (Å²) in [6, 6.07) is 0. The molecule has 0 radical (unpaired) electrons. The van der Waals surface area contributed by atoms with Crippen molar-refractivity contribution >= 4 is 0 Å². The number of aliphatic hydroxyl groups is 2. The van der Waals surface area contributed by atoms with Gasteiger partial charge in [0.25, 0.3) is 0 Å². The summed E-state index contributed by atoms with van der Waals surface area (Å²) in [7, 11) is 0. The van der Waals surface area contributed by atoms with Crippen LogP contribution in [0.5, 0.6) is 0 Å². The zero-order valence-corrected chi connectivity index (χ0v) is 7.54. The van der Waals surface area contributed by atoms with Gasteiger partial charge in [-0.15, -0.1) is 0 Å². The lowest BCUT2D eigenvalue weighted by atomic mass is 9.92. The van der Waals surface area contributed by atoms with E-state index in [1.807, 2.05) is 0 Å². The van der Waals surface area contributed by atoms with Gasteiger partial charge in [0.2, 0.25) is 0 Å². The summed E-state index contributed by atoms with van der Waals surface area (Å²) in [5.74, 6) is 0. The molecule has 2 nitrogen and oxygen atoms in total. The molecular formula is C9H11F3O2. The van der Waals surface area contributed by atoms with E-state index in [0.717, 1.165) is 12.2 Å². The Balaban J connectivity index is 2.90. The summed E-state index contributed by atoms with van der Waals surface area (Å²) in [5.41, 5.74) is -0.549. The second-order valence-electron chi connectivity index (χ2n) is 3.25. The van der Waals surface area contributed by atoms with Crippen LogP contribution in [0.2, 0.25) is 0 Å². The zero-order valence-electron chi connectivity index (χ0n) is 7.54. The van der Waals surface area contributed by atoms with Crippen molar-refractivity contribution in [1.82, 2.24) is 0 Å². The van der Waals surface area contributed by atoms with Crippen LogP contribution in [0.25, 0.3) is 0 Å². The first-order valence-electron chi connectivity index (χ1n) is 4.16. The van der Waals surface area contributed by atoms with Crippen molar-refractivity contribution in [3.63, 3.8) is 0 Å². The van der Waals surface area contributed by atoms with Gasteiger partial charge in [-0.2, -0.15) is 13.2 Å². The maximum Gasteiger partial charge on any atom is 0.412 e. The Kier molecular flexibility index (Phi) is 3.01. The van der Waals surface area contributed by atoms with Gasteiger partial charge >= 0.3 is 6.18 Å². The average molecular weight is 208 g/mol. The van der Waals surface area contributed by atoms with Crippen LogP contribution in [0.1, 0.15) is 13.3 Å². The van der Waals surface area contributed by atoms with Crippen LogP contribution in [-0.2, 0) is 0 Å². The van der Waals surface area contributed by atoms with Crippen LogP contribution in [0.3, 0.4) is 0 Å². The number of hydrogen-bond donors (Lipinski definition) is 2. The molecule has 0 aromatic carbocycles. The second-order valence-corrected chi connectivity index (χ2v) is 3.25. The summed E-state index contributed by atoms with van der Waals surface area (Å²) in [4.78, 5) is 0. The molecule has 80 valence electrons. The second kappa shape index (κ2) is 3.74. The van der Waals surface area contributed by atoms with Gasteiger partial charge in [0.05, 0.1) is 12.2 Å². The minimum Gasteiger partial charge on any atom is -0.389 e. The van der Waals surface area contributed by atoms with Crippen molar-refractivity contribution in [3.05, 3.63) is 23.3 Å². The van der Waals surface area contributed by atoms with E-state index >= 15 is 0 Å². The maximum absolute atomic E-state index is 12.2. The molecule has 0 aromatic heterocycles. The van der Waals surface area contributed by atoms with Gasteiger partial charge in [-0.1, -0.05) is 12.2 Å². The van der Waals surface area contributed by atoms with E-state index < -0.39 is 30.4 Å². The van der Waals surface area contributed by atoms with Crippen molar-refractivity contribution in [1.29, 1.82) is 0 Å². The quantitative estimate of drug-likeness (QED) is 0.686. The number of alkyl halides is 3. The minimum atomic E-state index is -4.40. The number of rotatable bonds is 1. The van der Waals surface area contributed by atoms with Gasteiger partial charge in [-0.05, 0) is 12.5 Å². The number of halogens is 3. The fourth-order valence-corrected chi connectivity index (χ4v) is 1.33. The standard InChI is InChI=1S/C9H11F3O2/c1-5(13)7-3-2-6(4-8(7)14)9(10,11)12/h2-3,5,8,13-14H,4H2,1H3. The van der Waals surface area contributed by atoms with Gasteiger partial charge < -0.3 is 10.2 Å². The number of aliphatic hydroxyl groups excluding tert-OH is 2. The van der Waals surface area contributed by atoms with Gasteiger partial charge in [0.1, 0.15) is 0 Å². The third-order valence-corrected chi connectivity index (χ3v) is 2.12. The summed E-state index contributed by atoms with van der Waals surface area (Å²) >= 11 is 0. The Morgan fingerprint density at radius 2 is 2.00 bits per heavy atom. The largest absolute Gasteiger partial charge is 0.412 e. The molecule has 2 unspecified atom stereocenters. The molecule has 1 aliphatic carbocycles. The van der Waals surface area contributed by atoms with Gasteiger partial charge in [0, 0.05) is 12.0 Å². The number of hydrogen-bond acceptors (Lipinski definition) is 2. The monoisotopic (exact) mass is 208 g/mol. The molecule has 0 bridgehead atoms. The van der Waals surface area contributed by atoms with E-state index in [4.69, 9.17) is 5.11 Å². The van der Waals surface area contributed by atoms with E-state index in [1.54, 1.807) is 0 Å². The van der Waals surface area contributed by atoms with Crippen LogP contribution in [0.15, 0.2) is 23.3 Å². The Morgan fingerprint density at radius 1 is 1.43 bits per heavy atom. The van der Waals surface area contributed by atoms with Crippen LogP contribution >= 0.6 is 0 Å². The Hall–Kier alpha value is -0.810. The summed E-state index contributed by atoms with van der Waals surface area (Å²) < 4.78 is 36.5. The summed E-state index contributed by atoms with van der Waals surface area (Å²) in [6.45, 7) is 1.40.